The average molecular weight is 447 g/mol. The molecular weight excluding hydrogens is 424 g/mol. The van der Waals surface area contributed by atoms with Crippen LogP contribution in [0.3, 0.4) is 0 Å². The van der Waals surface area contributed by atoms with E-state index in [2.05, 4.69) is 14.9 Å². The van der Waals surface area contributed by atoms with Crippen molar-refractivity contribution in [3.63, 3.8) is 0 Å². The van der Waals surface area contributed by atoms with Crippen LogP contribution in [0.15, 0.2) is 71.4 Å². The Morgan fingerprint density at radius 1 is 0.970 bits per heavy atom. The van der Waals surface area contributed by atoms with Gasteiger partial charge in [0, 0.05) is 17.3 Å². The molecule has 1 N–H and O–H groups in total. The Hall–Kier alpha value is -3.74. The highest BCUT2D eigenvalue weighted by Crippen LogP contribution is 2.38. The van der Waals surface area contributed by atoms with Crippen molar-refractivity contribution in [1.82, 2.24) is 9.55 Å². The highest BCUT2D eigenvalue weighted by atomic mass is 19.1. The molecule has 0 radical (unpaired) electrons. The third-order valence-electron chi connectivity index (χ3n) is 6.03. The molecule has 1 saturated carbocycles. The minimum absolute atomic E-state index is 0.107. The van der Waals surface area contributed by atoms with Crippen molar-refractivity contribution in [3.8, 4) is 22.7 Å². The van der Waals surface area contributed by atoms with Gasteiger partial charge in [0.05, 0.1) is 12.0 Å². The lowest BCUT2D eigenvalue weighted by molar-refractivity contribution is 0.0997. The number of halogens is 2. The zero-order valence-electron chi connectivity index (χ0n) is 17.9. The zero-order chi connectivity index (χ0) is 22.8. The van der Waals surface area contributed by atoms with Crippen LogP contribution in [-0.4, -0.2) is 15.5 Å². The normalized spacial score (nSPS) is 14.4. The summed E-state index contributed by atoms with van der Waals surface area (Å²) in [6.45, 7) is 0. The SMILES string of the molecule is O=C(Nc1cccc(F)c1)c1ccc(-c2c(-c3ccc(F)cc3)ncn2C2CCCCC2)o1. The van der Waals surface area contributed by atoms with Gasteiger partial charge in [-0.2, -0.15) is 0 Å². The monoisotopic (exact) mass is 447 g/mol. The van der Waals surface area contributed by atoms with Crippen molar-refractivity contribution in [2.75, 3.05) is 5.32 Å². The van der Waals surface area contributed by atoms with E-state index in [4.69, 9.17) is 4.42 Å². The summed E-state index contributed by atoms with van der Waals surface area (Å²) < 4.78 is 35.0. The maximum atomic E-state index is 13.5. The first kappa shape index (κ1) is 21.1. The first-order valence-corrected chi connectivity index (χ1v) is 11.1. The molecule has 0 saturated heterocycles. The second kappa shape index (κ2) is 9.02. The molecule has 1 aliphatic carbocycles. The van der Waals surface area contributed by atoms with Crippen molar-refractivity contribution in [2.24, 2.45) is 0 Å². The Morgan fingerprint density at radius 2 is 1.76 bits per heavy atom. The summed E-state index contributed by atoms with van der Waals surface area (Å²) in [5.41, 5.74) is 2.55. The van der Waals surface area contributed by atoms with Crippen LogP contribution in [0.1, 0.15) is 48.7 Å². The molecule has 5 nitrogen and oxygen atoms in total. The largest absolute Gasteiger partial charge is 0.449 e. The number of hydrogen-bond acceptors (Lipinski definition) is 3. The van der Waals surface area contributed by atoms with Crippen LogP contribution in [0.4, 0.5) is 14.5 Å². The van der Waals surface area contributed by atoms with E-state index >= 15 is 0 Å². The lowest BCUT2D eigenvalue weighted by Crippen LogP contribution is -2.13. The van der Waals surface area contributed by atoms with E-state index in [-0.39, 0.29) is 17.6 Å². The van der Waals surface area contributed by atoms with Crippen molar-refractivity contribution in [1.29, 1.82) is 0 Å². The van der Waals surface area contributed by atoms with Crippen LogP contribution < -0.4 is 5.32 Å². The van der Waals surface area contributed by atoms with Gasteiger partial charge < -0.3 is 14.3 Å². The molecule has 33 heavy (non-hydrogen) atoms. The van der Waals surface area contributed by atoms with E-state index in [1.165, 1.54) is 36.8 Å². The second-order valence-electron chi connectivity index (χ2n) is 8.28. The molecule has 2 aromatic carbocycles. The van der Waals surface area contributed by atoms with Crippen LogP contribution in [0.2, 0.25) is 0 Å². The quantitative estimate of drug-likeness (QED) is 0.364. The summed E-state index contributed by atoms with van der Waals surface area (Å²) in [5.74, 6) is -0.619. The van der Waals surface area contributed by atoms with E-state index in [1.54, 1.807) is 36.7 Å². The number of aromatic nitrogens is 2. The fraction of sp³-hybridized carbons (Fsp3) is 0.231. The number of benzene rings is 2. The van der Waals surface area contributed by atoms with Crippen molar-refractivity contribution in [2.45, 2.75) is 38.1 Å². The molecule has 0 bridgehead atoms. The summed E-state index contributed by atoms with van der Waals surface area (Å²) in [6, 6.07) is 15.5. The molecule has 1 aliphatic rings. The van der Waals surface area contributed by atoms with Gasteiger partial charge in [-0.05, 0) is 67.4 Å². The fourth-order valence-corrected chi connectivity index (χ4v) is 4.41. The Balaban J connectivity index is 1.51. The summed E-state index contributed by atoms with van der Waals surface area (Å²) >= 11 is 0. The van der Waals surface area contributed by atoms with Crippen LogP contribution in [-0.2, 0) is 0 Å². The maximum Gasteiger partial charge on any atom is 0.291 e. The zero-order valence-corrected chi connectivity index (χ0v) is 17.9. The number of furan rings is 1. The molecule has 1 amide bonds. The summed E-state index contributed by atoms with van der Waals surface area (Å²) in [6.07, 6.45) is 7.40. The van der Waals surface area contributed by atoms with E-state index in [1.807, 2.05) is 0 Å². The molecule has 0 atom stereocenters. The first-order chi connectivity index (χ1) is 16.1. The van der Waals surface area contributed by atoms with Gasteiger partial charge >= 0.3 is 0 Å². The average Bonchev–Trinajstić information content (AvgIpc) is 3.48. The van der Waals surface area contributed by atoms with Crippen LogP contribution in [0, 0.1) is 11.6 Å². The number of amides is 1. The number of nitrogens with zero attached hydrogens (tertiary/aromatic N) is 2. The van der Waals surface area contributed by atoms with Gasteiger partial charge in [0.2, 0.25) is 0 Å². The molecular formula is C26H23F2N3O2. The lowest BCUT2D eigenvalue weighted by atomic mass is 9.95. The van der Waals surface area contributed by atoms with Crippen LogP contribution in [0.25, 0.3) is 22.7 Å². The summed E-state index contributed by atoms with van der Waals surface area (Å²) in [4.78, 5) is 17.3. The predicted molar refractivity (Wildman–Crippen MR) is 122 cm³/mol. The Kier molecular flexibility index (Phi) is 5.77. The Bertz CT molecular complexity index is 1270. The molecule has 7 heteroatoms. The fourth-order valence-electron chi connectivity index (χ4n) is 4.41. The number of rotatable bonds is 5. The van der Waals surface area contributed by atoms with Gasteiger partial charge in [0.15, 0.2) is 11.5 Å². The predicted octanol–water partition coefficient (Wildman–Crippen LogP) is 6.85. The molecule has 2 heterocycles. The van der Waals surface area contributed by atoms with Crippen LogP contribution in [0.5, 0.6) is 0 Å². The number of anilines is 1. The van der Waals surface area contributed by atoms with Gasteiger partial charge in [-0.15, -0.1) is 0 Å². The standard InChI is InChI=1S/C26H23F2N3O2/c27-18-11-9-17(10-12-18)24-25(31(16-29-24)21-7-2-1-3-8-21)22-13-14-23(33-22)26(32)30-20-6-4-5-19(28)15-20/h4-6,9-16,21H,1-3,7-8H2,(H,30,32). The topological polar surface area (TPSA) is 60.1 Å². The molecule has 5 rings (SSSR count). The summed E-state index contributed by atoms with van der Waals surface area (Å²) in [5, 5.41) is 2.65. The number of imidazole rings is 1. The first-order valence-electron chi connectivity index (χ1n) is 11.1. The van der Waals surface area contributed by atoms with Crippen molar-refractivity contribution < 1.29 is 18.0 Å². The van der Waals surface area contributed by atoms with Crippen molar-refractivity contribution >= 4 is 11.6 Å². The van der Waals surface area contributed by atoms with E-state index in [9.17, 15) is 13.6 Å². The second-order valence-corrected chi connectivity index (χ2v) is 8.28. The molecule has 0 aliphatic heterocycles. The highest BCUT2D eigenvalue weighted by Gasteiger charge is 2.25. The third-order valence-corrected chi connectivity index (χ3v) is 6.03. The molecule has 0 spiro atoms. The minimum Gasteiger partial charge on any atom is -0.449 e. The lowest BCUT2D eigenvalue weighted by Gasteiger charge is -2.24. The van der Waals surface area contributed by atoms with E-state index < -0.39 is 11.7 Å². The molecule has 1 fully saturated rings. The van der Waals surface area contributed by atoms with E-state index in [0.717, 1.165) is 36.9 Å². The van der Waals surface area contributed by atoms with E-state index in [0.29, 0.717) is 17.1 Å². The van der Waals surface area contributed by atoms with Crippen LogP contribution >= 0.6 is 0 Å². The minimum atomic E-state index is -0.473. The Labute approximate surface area is 190 Å². The van der Waals surface area contributed by atoms with Gasteiger partial charge in [0.25, 0.3) is 5.91 Å². The highest BCUT2D eigenvalue weighted by molar-refractivity contribution is 6.02. The smallest absolute Gasteiger partial charge is 0.291 e. The molecule has 0 unspecified atom stereocenters. The number of hydrogen-bond donors (Lipinski definition) is 1. The number of carbonyl (C=O) groups excluding carboxylic acids is 1. The van der Waals surface area contributed by atoms with Gasteiger partial charge in [-0.1, -0.05) is 25.3 Å². The molecule has 168 valence electrons. The third kappa shape index (κ3) is 4.44. The summed E-state index contributed by atoms with van der Waals surface area (Å²) in [7, 11) is 0. The molecule has 2 aromatic heterocycles. The maximum absolute atomic E-state index is 13.5. The number of nitrogens with one attached hydrogen (secondary N) is 1. The molecule has 4 aromatic rings. The number of carbonyl (C=O) groups is 1. The van der Waals surface area contributed by atoms with Gasteiger partial charge in [0.1, 0.15) is 17.3 Å². The van der Waals surface area contributed by atoms with Crippen molar-refractivity contribution in [3.05, 3.63) is 84.4 Å². The van der Waals surface area contributed by atoms with Gasteiger partial charge in [-0.3, -0.25) is 4.79 Å². The van der Waals surface area contributed by atoms with Gasteiger partial charge in [-0.25, -0.2) is 13.8 Å². The Morgan fingerprint density at radius 3 is 2.52 bits per heavy atom.